The molecule has 42 heavy (non-hydrogen) atoms. The standard InChI is InChI=1S/C33H52O9/c1-16-7-10-33(39-15-16)17(2)26-23(42-33)13-22-20-6-5-18-11-19(40-30-29(38)28(37)27(36)24(14-34)41-30)12-25(35)32(18,4)21(20)8-9-31(22,26)3/h5,16-17,19-30,34-38H,6-15H2,1-4H3. The van der Waals surface area contributed by atoms with Crippen LogP contribution in [0.25, 0.3) is 0 Å². The number of hydrogen-bond acceptors (Lipinski definition) is 9. The third-order valence-electron chi connectivity index (χ3n) is 13.6. The van der Waals surface area contributed by atoms with E-state index in [1.165, 1.54) is 12.0 Å². The van der Waals surface area contributed by atoms with Gasteiger partial charge < -0.3 is 44.5 Å². The van der Waals surface area contributed by atoms with Crippen molar-refractivity contribution < 1.29 is 44.5 Å². The van der Waals surface area contributed by atoms with Crippen LogP contribution in [0.4, 0.5) is 0 Å². The van der Waals surface area contributed by atoms with Gasteiger partial charge in [-0.15, -0.1) is 0 Å². The molecule has 6 fully saturated rings. The number of rotatable bonds is 3. The van der Waals surface area contributed by atoms with Crippen molar-refractivity contribution >= 4 is 0 Å². The summed E-state index contributed by atoms with van der Waals surface area (Å²) < 4.78 is 25.1. The normalized spacial score (nSPS) is 59.0. The van der Waals surface area contributed by atoms with E-state index in [9.17, 15) is 25.5 Å². The molecule has 3 saturated heterocycles. The molecule has 17 atom stereocenters. The van der Waals surface area contributed by atoms with E-state index in [1.54, 1.807) is 0 Å². The van der Waals surface area contributed by atoms with Gasteiger partial charge in [-0.25, -0.2) is 0 Å². The molecule has 17 unspecified atom stereocenters. The maximum atomic E-state index is 11.8. The van der Waals surface area contributed by atoms with Crippen molar-refractivity contribution in [2.24, 2.45) is 46.3 Å². The smallest absolute Gasteiger partial charge is 0.186 e. The fourth-order valence-electron chi connectivity index (χ4n) is 11.2. The average molecular weight is 593 g/mol. The molecule has 9 nitrogen and oxygen atoms in total. The summed E-state index contributed by atoms with van der Waals surface area (Å²) >= 11 is 0. The summed E-state index contributed by atoms with van der Waals surface area (Å²) in [5.74, 6) is 2.51. The fraction of sp³-hybridized carbons (Fsp3) is 0.939. The van der Waals surface area contributed by atoms with E-state index in [0.29, 0.717) is 48.3 Å². The maximum absolute atomic E-state index is 11.8. The Morgan fingerprint density at radius 2 is 1.76 bits per heavy atom. The van der Waals surface area contributed by atoms with E-state index in [4.69, 9.17) is 18.9 Å². The van der Waals surface area contributed by atoms with Gasteiger partial charge in [-0.2, -0.15) is 0 Å². The zero-order chi connectivity index (χ0) is 29.8. The largest absolute Gasteiger partial charge is 0.394 e. The Morgan fingerprint density at radius 1 is 0.976 bits per heavy atom. The highest BCUT2D eigenvalue weighted by Crippen LogP contribution is 2.70. The van der Waals surface area contributed by atoms with Gasteiger partial charge in [0.05, 0.1) is 31.5 Å². The van der Waals surface area contributed by atoms with Gasteiger partial charge in [0.1, 0.15) is 24.4 Å². The van der Waals surface area contributed by atoms with E-state index in [1.807, 2.05) is 0 Å². The van der Waals surface area contributed by atoms with E-state index in [-0.39, 0.29) is 16.9 Å². The Morgan fingerprint density at radius 3 is 2.48 bits per heavy atom. The third kappa shape index (κ3) is 4.21. The third-order valence-corrected chi connectivity index (χ3v) is 13.6. The molecule has 4 aliphatic carbocycles. The highest BCUT2D eigenvalue weighted by molar-refractivity contribution is 5.28. The first-order valence-electron chi connectivity index (χ1n) is 16.6. The zero-order valence-corrected chi connectivity index (χ0v) is 25.6. The molecule has 0 radical (unpaired) electrons. The SMILES string of the molecule is CC1CCC2(OC1)OC1CC3C4CC=C5CC(OC6OC(CO)C(O)C(O)C6O)CC(O)C5(C)C4CCC3(C)C1C2C. The molecule has 1 spiro atoms. The molecule has 5 N–H and O–H groups in total. The van der Waals surface area contributed by atoms with Crippen LogP contribution in [-0.2, 0) is 18.9 Å². The minimum Gasteiger partial charge on any atom is -0.394 e. The molecule has 0 amide bonds. The van der Waals surface area contributed by atoms with Gasteiger partial charge in [0.15, 0.2) is 12.1 Å². The first-order chi connectivity index (χ1) is 19.9. The molecule has 7 rings (SSSR count). The van der Waals surface area contributed by atoms with Crippen LogP contribution in [0.3, 0.4) is 0 Å². The lowest BCUT2D eigenvalue weighted by Crippen LogP contribution is -2.60. The van der Waals surface area contributed by atoms with Crippen LogP contribution in [-0.4, -0.2) is 93.6 Å². The monoisotopic (exact) mass is 592 g/mol. The van der Waals surface area contributed by atoms with Gasteiger partial charge in [-0.05, 0) is 73.5 Å². The number of aliphatic hydroxyl groups is 5. The van der Waals surface area contributed by atoms with E-state index < -0.39 is 55.3 Å². The molecule has 3 saturated carbocycles. The second-order valence-electron chi connectivity index (χ2n) is 15.6. The number of hydrogen-bond donors (Lipinski definition) is 5. The first-order valence-corrected chi connectivity index (χ1v) is 16.6. The molecule has 238 valence electrons. The predicted molar refractivity (Wildman–Crippen MR) is 152 cm³/mol. The van der Waals surface area contributed by atoms with E-state index in [0.717, 1.165) is 38.7 Å². The Labute approximate surface area is 249 Å². The lowest BCUT2D eigenvalue weighted by molar-refractivity contribution is -0.315. The van der Waals surface area contributed by atoms with Gasteiger partial charge in [-0.1, -0.05) is 39.3 Å². The minimum atomic E-state index is -1.48. The Hall–Kier alpha value is -0.620. The Balaban J connectivity index is 1.08. The lowest BCUT2D eigenvalue weighted by atomic mass is 9.46. The Kier molecular flexibility index (Phi) is 7.48. The molecule has 0 aromatic carbocycles. The highest BCUT2D eigenvalue weighted by atomic mass is 16.7. The van der Waals surface area contributed by atoms with E-state index >= 15 is 0 Å². The topological polar surface area (TPSA) is 138 Å². The molecule has 9 heteroatoms. The van der Waals surface area contributed by atoms with Crippen molar-refractivity contribution in [3.63, 3.8) is 0 Å². The van der Waals surface area contributed by atoms with Gasteiger partial charge in [0.2, 0.25) is 0 Å². The summed E-state index contributed by atoms with van der Waals surface area (Å²) in [6, 6.07) is 0. The number of allylic oxidation sites excluding steroid dienone is 1. The van der Waals surface area contributed by atoms with Crippen LogP contribution in [0.1, 0.15) is 79.1 Å². The zero-order valence-electron chi connectivity index (χ0n) is 25.6. The molecule has 3 heterocycles. The molecular formula is C33H52O9. The van der Waals surface area contributed by atoms with Gasteiger partial charge in [0, 0.05) is 24.2 Å². The van der Waals surface area contributed by atoms with Crippen molar-refractivity contribution in [3.8, 4) is 0 Å². The Bertz CT molecular complexity index is 1060. The van der Waals surface area contributed by atoms with Gasteiger partial charge in [-0.3, -0.25) is 0 Å². The summed E-state index contributed by atoms with van der Waals surface area (Å²) in [4.78, 5) is 0. The quantitative estimate of drug-likeness (QED) is 0.313. The molecule has 0 aromatic rings. The van der Waals surface area contributed by atoms with Crippen LogP contribution in [0.2, 0.25) is 0 Å². The summed E-state index contributed by atoms with van der Waals surface area (Å²) in [6.07, 6.45) is 2.51. The van der Waals surface area contributed by atoms with Crippen LogP contribution in [0.5, 0.6) is 0 Å². The van der Waals surface area contributed by atoms with Crippen molar-refractivity contribution in [1.82, 2.24) is 0 Å². The second kappa shape index (κ2) is 10.5. The van der Waals surface area contributed by atoms with Gasteiger partial charge in [0.25, 0.3) is 0 Å². The molecule has 7 aliphatic rings. The molecule has 0 bridgehead atoms. The average Bonchev–Trinajstić information content (AvgIpc) is 3.41. The maximum Gasteiger partial charge on any atom is 0.186 e. The van der Waals surface area contributed by atoms with Crippen molar-refractivity contribution in [3.05, 3.63) is 11.6 Å². The summed E-state index contributed by atoms with van der Waals surface area (Å²) in [5, 5.41) is 52.2. The highest BCUT2D eigenvalue weighted by Gasteiger charge is 2.69. The first kappa shape index (κ1) is 30.1. The van der Waals surface area contributed by atoms with Crippen molar-refractivity contribution in [2.45, 2.75) is 134 Å². The summed E-state index contributed by atoms with van der Waals surface area (Å²) in [6.45, 7) is 9.70. The molecule has 3 aliphatic heterocycles. The summed E-state index contributed by atoms with van der Waals surface area (Å²) in [5.41, 5.74) is 1.08. The van der Waals surface area contributed by atoms with Crippen LogP contribution < -0.4 is 0 Å². The van der Waals surface area contributed by atoms with Crippen LogP contribution in [0.15, 0.2) is 11.6 Å². The minimum absolute atomic E-state index is 0.206. The molecular weight excluding hydrogens is 540 g/mol. The van der Waals surface area contributed by atoms with Crippen LogP contribution >= 0.6 is 0 Å². The van der Waals surface area contributed by atoms with Crippen LogP contribution in [0, 0.1) is 46.3 Å². The molecule has 0 aromatic heterocycles. The lowest BCUT2D eigenvalue weighted by Gasteiger charge is -2.60. The van der Waals surface area contributed by atoms with Gasteiger partial charge >= 0.3 is 0 Å². The van der Waals surface area contributed by atoms with Crippen molar-refractivity contribution in [1.29, 1.82) is 0 Å². The van der Waals surface area contributed by atoms with Crippen molar-refractivity contribution in [2.75, 3.05) is 13.2 Å². The predicted octanol–water partition coefficient (Wildman–Crippen LogP) is 2.51. The van der Waals surface area contributed by atoms with E-state index in [2.05, 4.69) is 33.8 Å². The second-order valence-corrected chi connectivity index (χ2v) is 15.6. The summed E-state index contributed by atoms with van der Waals surface area (Å²) in [7, 11) is 0. The number of fused-ring (bicyclic) bond motifs is 7. The number of ether oxygens (including phenoxy) is 4. The fourth-order valence-corrected chi connectivity index (χ4v) is 11.2. The number of aliphatic hydroxyl groups excluding tert-OH is 5.